The first kappa shape index (κ1) is 12.8. The zero-order valence-electron chi connectivity index (χ0n) is 10.8. The lowest BCUT2D eigenvalue weighted by molar-refractivity contribution is 0.0995. The van der Waals surface area contributed by atoms with Crippen LogP contribution in [0.1, 0.15) is 23.8 Å². The van der Waals surface area contributed by atoms with Gasteiger partial charge in [-0.3, -0.25) is 14.7 Å². The summed E-state index contributed by atoms with van der Waals surface area (Å²) in [6.07, 6.45) is 4.18. The molecule has 1 aliphatic heterocycles. The first-order valence-corrected chi connectivity index (χ1v) is 6.19. The summed E-state index contributed by atoms with van der Waals surface area (Å²) in [5.74, 6) is 0.198. The number of carbonyl (C=O) groups is 1. The highest BCUT2D eigenvalue weighted by Gasteiger charge is 2.24. The number of anilines is 1. The molecule has 2 heterocycles. The highest BCUT2D eigenvalue weighted by Crippen LogP contribution is 2.17. The van der Waals surface area contributed by atoms with Crippen LogP contribution in [0.25, 0.3) is 0 Å². The van der Waals surface area contributed by atoms with Crippen molar-refractivity contribution in [2.24, 2.45) is 5.73 Å². The minimum atomic E-state index is -0.537. The maximum Gasteiger partial charge on any atom is 0.268 e. The summed E-state index contributed by atoms with van der Waals surface area (Å²) in [4.78, 5) is 23.9. The standard InChI is InChI=1S/C12H19N5O/c1-3-9-8-17(5-4-16(9)2)11-7-14-6-10(15-11)12(13)18/h6-7,9H,3-5,8H2,1-2H3,(H2,13,18). The van der Waals surface area contributed by atoms with Crippen molar-refractivity contribution in [2.45, 2.75) is 19.4 Å². The van der Waals surface area contributed by atoms with E-state index in [0.717, 1.165) is 31.9 Å². The lowest BCUT2D eigenvalue weighted by Crippen LogP contribution is -2.51. The number of nitrogens with two attached hydrogens (primary N) is 1. The van der Waals surface area contributed by atoms with Crippen LogP contribution in [0.2, 0.25) is 0 Å². The predicted octanol–water partition coefficient (Wildman–Crippen LogP) is 0.106. The molecule has 0 bridgehead atoms. The number of hydrogen-bond acceptors (Lipinski definition) is 5. The third-order valence-corrected chi connectivity index (χ3v) is 3.45. The van der Waals surface area contributed by atoms with E-state index in [1.165, 1.54) is 6.20 Å². The molecule has 1 saturated heterocycles. The number of amides is 1. The Morgan fingerprint density at radius 3 is 2.94 bits per heavy atom. The Balaban J connectivity index is 2.16. The van der Waals surface area contributed by atoms with E-state index in [2.05, 4.69) is 33.7 Å². The van der Waals surface area contributed by atoms with Gasteiger partial charge in [-0.15, -0.1) is 0 Å². The Labute approximate surface area is 107 Å². The summed E-state index contributed by atoms with van der Waals surface area (Å²) in [6, 6.07) is 0.512. The van der Waals surface area contributed by atoms with Crippen LogP contribution in [0.15, 0.2) is 12.4 Å². The van der Waals surface area contributed by atoms with E-state index in [9.17, 15) is 4.79 Å². The van der Waals surface area contributed by atoms with Crippen LogP contribution >= 0.6 is 0 Å². The Morgan fingerprint density at radius 2 is 2.28 bits per heavy atom. The highest BCUT2D eigenvalue weighted by atomic mass is 16.1. The van der Waals surface area contributed by atoms with E-state index >= 15 is 0 Å². The SMILES string of the molecule is CCC1CN(c2cncc(C(N)=O)n2)CCN1C. The normalized spacial score (nSPS) is 21.0. The fourth-order valence-electron chi connectivity index (χ4n) is 2.22. The van der Waals surface area contributed by atoms with Crippen molar-refractivity contribution in [1.82, 2.24) is 14.9 Å². The van der Waals surface area contributed by atoms with Crippen molar-refractivity contribution in [1.29, 1.82) is 0 Å². The summed E-state index contributed by atoms with van der Waals surface area (Å²) in [5.41, 5.74) is 5.44. The minimum Gasteiger partial charge on any atom is -0.364 e. The van der Waals surface area contributed by atoms with Crippen molar-refractivity contribution in [3.05, 3.63) is 18.1 Å². The van der Waals surface area contributed by atoms with Crippen molar-refractivity contribution < 1.29 is 4.79 Å². The minimum absolute atomic E-state index is 0.222. The molecule has 1 aromatic heterocycles. The van der Waals surface area contributed by atoms with Crippen LogP contribution in [0.5, 0.6) is 0 Å². The number of likely N-dealkylation sites (N-methyl/N-ethyl adjacent to an activating group) is 1. The van der Waals surface area contributed by atoms with Crippen LogP contribution in [0.4, 0.5) is 5.82 Å². The molecular formula is C12H19N5O. The van der Waals surface area contributed by atoms with Gasteiger partial charge in [0.1, 0.15) is 11.5 Å². The molecule has 2 N–H and O–H groups in total. The number of aromatic nitrogens is 2. The summed E-state index contributed by atoms with van der Waals surface area (Å²) in [7, 11) is 2.14. The third-order valence-electron chi connectivity index (χ3n) is 3.45. The molecule has 1 fully saturated rings. The van der Waals surface area contributed by atoms with Gasteiger partial charge < -0.3 is 10.6 Å². The van der Waals surface area contributed by atoms with Gasteiger partial charge in [0.05, 0.1) is 12.4 Å². The van der Waals surface area contributed by atoms with Crippen LogP contribution < -0.4 is 10.6 Å². The number of nitrogens with zero attached hydrogens (tertiary/aromatic N) is 4. The second-order valence-electron chi connectivity index (χ2n) is 4.62. The van der Waals surface area contributed by atoms with E-state index in [-0.39, 0.29) is 5.69 Å². The summed E-state index contributed by atoms with van der Waals surface area (Å²) >= 11 is 0. The summed E-state index contributed by atoms with van der Waals surface area (Å²) in [6.45, 7) is 4.96. The van der Waals surface area contributed by atoms with Crippen molar-refractivity contribution in [3.8, 4) is 0 Å². The Hall–Kier alpha value is -1.69. The highest BCUT2D eigenvalue weighted by molar-refractivity contribution is 5.90. The molecular weight excluding hydrogens is 230 g/mol. The van der Waals surface area contributed by atoms with E-state index in [1.54, 1.807) is 6.20 Å². The molecule has 0 spiro atoms. The molecule has 0 aromatic carbocycles. The number of carbonyl (C=O) groups excluding carboxylic acids is 1. The molecule has 98 valence electrons. The van der Waals surface area contributed by atoms with Crippen LogP contribution in [-0.2, 0) is 0 Å². The molecule has 1 amide bonds. The molecule has 1 unspecified atom stereocenters. The van der Waals surface area contributed by atoms with Gasteiger partial charge in [0, 0.05) is 25.7 Å². The molecule has 1 atom stereocenters. The second kappa shape index (κ2) is 5.30. The Morgan fingerprint density at radius 1 is 1.50 bits per heavy atom. The largest absolute Gasteiger partial charge is 0.364 e. The third kappa shape index (κ3) is 2.59. The van der Waals surface area contributed by atoms with Gasteiger partial charge in [-0.1, -0.05) is 6.92 Å². The van der Waals surface area contributed by atoms with Gasteiger partial charge in [-0.05, 0) is 13.5 Å². The molecule has 18 heavy (non-hydrogen) atoms. The van der Waals surface area contributed by atoms with Crippen molar-refractivity contribution >= 4 is 11.7 Å². The predicted molar refractivity (Wildman–Crippen MR) is 69.5 cm³/mol. The molecule has 0 aliphatic carbocycles. The lowest BCUT2D eigenvalue weighted by atomic mass is 10.1. The average Bonchev–Trinajstić information content (AvgIpc) is 2.39. The average molecular weight is 249 g/mol. The first-order chi connectivity index (χ1) is 8.61. The van der Waals surface area contributed by atoms with E-state index < -0.39 is 5.91 Å². The van der Waals surface area contributed by atoms with Gasteiger partial charge in [0.2, 0.25) is 0 Å². The van der Waals surface area contributed by atoms with Crippen molar-refractivity contribution in [2.75, 3.05) is 31.6 Å². The van der Waals surface area contributed by atoms with E-state index in [0.29, 0.717) is 6.04 Å². The van der Waals surface area contributed by atoms with E-state index in [4.69, 9.17) is 5.73 Å². The molecule has 0 saturated carbocycles. The quantitative estimate of drug-likeness (QED) is 0.822. The lowest BCUT2D eigenvalue weighted by Gasteiger charge is -2.39. The summed E-state index contributed by atoms with van der Waals surface area (Å²) in [5, 5.41) is 0. The number of rotatable bonds is 3. The molecule has 2 rings (SSSR count). The van der Waals surface area contributed by atoms with Gasteiger partial charge in [-0.25, -0.2) is 4.98 Å². The maximum absolute atomic E-state index is 11.1. The van der Waals surface area contributed by atoms with Crippen LogP contribution in [-0.4, -0.2) is 53.5 Å². The topological polar surface area (TPSA) is 75.4 Å². The zero-order valence-corrected chi connectivity index (χ0v) is 10.8. The number of hydrogen-bond donors (Lipinski definition) is 1. The number of primary amides is 1. The summed E-state index contributed by atoms with van der Waals surface area (Å²) < 4.78 is 0. The molecule has 1 aliphatic rings. The first-order valence-electron chi connectivity index (χ1n) is 6.19. The van der Waals surface area contributed by atoms with Gasteiger partial charge >= 0.3 is 0 Å². The van der Waals surface area contributed by atoms with Crippen molar-refractivity contribution in [3.63, 3.8) is 0 Å². The molecule has 6 nitrogen and oxygen atoms in total. The molecule has 0 radical (unpaired) electrons. The zero-order chi connectivity index (χ0) is 13.1. The second-order valence-corrected chi connectivity index (χ2v) is 4.62. The fourth-order valence-corrected chi connectivity index (χ4v) is 2.22. The van der Waals surface area contributed by atoms with Crippen LogP contribution in [0.3, 0.4) is 0 Å². The molecule has 6 heteroatoms. The Kier molecular flexibility index (Phi) is 3.76. The smallest absolute Gasteiger partial charge is 0.268 e. The number of piperazine rings is 1. The fraction of sp³-hybridized carbons (Fsp3) is 0.583. The monoisotopic (exact) mass is 249 g/mol. The maximum atomic E-state index is 11.1. The van der Waals surface area contributed by atoms with Gasteiger partial charge in [0.25, 0.3) is 5.91 Å². The Bertz CT molecular complexity index is 436. The molecule has 1 aromatic rings. The van der Waals surface area contributed by atoms with Crippen LogP contribution in [0, 0.1) is 0 Å². The van der Waals surface area contributed by atoms with Gasteiger partial charge in [-0.2, -0.15) is 0 Å². The van der Waals surface area contributed by atoms with E-state index in [1.807, 2.05) is 0 Å². The van der Waals surface area contributed by atoms with Gasteiger partial charge in [0.15, 0.2) is 0 Å².